The van der Waals surface area contributed by atoms with Crippen LogP contribution in [0.1, 0.15) is 0 Å². The molecule has 1 rings (SSSR count). The maximum Gasteiger partial charge on any atom is 0.0587 e. The second-order valence-corrected chi connectivity index (χ2v) is 3.04. The van der Waals surface area contributed by atoms with Gasteiger partial charge in [0.2, 0.25) is 0 Å². The van der Waals surface area contributed by atoms with Gasteiger partial charge in [-0.2, -0.15) is 0 Å². The number of hydrogen-bond donors (Lipinski definition) is 2. The van der Waals surface area contributed by atoms with E-state index in [4.69, 9.17) is 4.74 Å². The zero-order chi connectivity index (χ0) is 10.1. The summed E-state index contributed by atoms with van der Waals surface area (Å²) in [4.78, 5) is 0. The molecule has 0 atom stereocenters. The number of methoxy groups -OCH3 is 1. The van der Waals surface area contributed by atoms with E-state index in [9.17, 15) is 0 Å². The van der Waals surface area contributed by atoms with Crippen molar-refractivity contribution in [2.75, 3.05) is 38.7 Å². The van der Waals surface area contributed by atoms with Crippen LogP contribution in [0.3, 0.4) is 0 Å². The maximum absolute atomic E-state index is 4.92. The smallest absolute Gasteiger partial charge is 0.0587 e. The van der Waals surface area contributed by atoms with Crippen LogP contribution in [0.4, 0.5) is 5.69 Å². The molecular formula is C11H18N2O. The number of para-hydroxylation sites is 1. The van der Waals surface area contributed by atoms with Crippen LogP contribution in [0.15, 0.2) is 30.3 Å². The number of rotatable bonds is 7. The average Bonchev–Trinajstić information content (AvgIpc) is 2.25. The van der Waals surface area contributed by atoms with Crippen molar-refractivity contribution in [3.63, 3.8) is 0 Å². The molecule has 0 aliphatic heterocycles. The van der Waals surface area contributed by atoms with Gasteiger partial charge in [-0.05, 0) is 12.1 Å². The highest BCUT2D eigenvalue weighted by Gasteiger charge is 1.88. The third kappa shape index (κ3) is 4.84. The van der Waals surface area contributed by atoms with Crippen molar-refractivity contribution in [1.29, 1.82) is 0 Å². The Balaban J connectivity index is 1.99. The van der Waals surface area contributed by atoms with E-state index in [2.05, 4.69) is 22.8 Å². The van der Waals surface area contributed by atoms with Gasteiger partial charge >= 0.3 is 0 Å². The monoisotopic (exact) mass is 194 g/mol. The van der Waals surface area contributed by atoms with Crippen molar-refractivity contribution >= 4 is 5.69 Å². The van der Waals surface area contributed by atoms with Crippen LogP contribution in [-0.2, 0) is 4.74 Å². The lowest BCUT2D eigenvalue weighted by Crippen LogP contribution is -2.25. The highest BCUT2D eigenvalue weighted by molar-refractivity contribution is 5.42. The minimum absolute atomic E-state index is 0.769. The fourth-order valence-corrected chi connectivity index (χ4v) is 1.15. The predicted octanol–water partition coefficient (Wildman–Crippen LogP) is 1.33. The van der Waals surface area contributed by atoms with Gasteiger partial charge in [-0.1, -0.05) is 18.2 Å². The van der Waals surface area contributed by atoms with Gasteiger partial charge in [-0.3, -0.25) is 0 Å². The molecule has 0 unspecified atom stereocenters. The van der Waals surface area contributed by atoms with E-state index < -0.39 is 0 Å². The largest absolute Gasteiger partial charge is 0.384 e. The SMILES string of the molecule is COCCNCCNc1ccccc1. The van der Waals surface area contributed by atoms with Crippen molar-refractivity contribution in [1.82, 2.24) is 5.32 Å². The van der Waals surface area contributed by atoms with E-state index >= 15 is 0 Å². The van der Waals surface area contributed by atoms with Gasteiger partial charge in [0, 0.05) is 32.4 Å². The fourth-order valence-electron chi connectivity index (χ4n) is 1.15. The average molecular weight is 194 g/mol. The fraction of sp³-hybridized carbons (Fsp3) is 0.455. The summed E-state index contributed by atoms with van der Waals surface area (Å²) in [6.07, 6.45) is 0. The molecular weight excluding hydrogens is 176 g/mol. The van der Waals surface area contributed by atoms with Crippen molar-refractivity contribution in [2.45, 2.75) is 0 Å². The Morgan fingerprint density at radius 1 is 1.07 bits per heavy atom. The van der Waals surface area contributed by atoms with Gasteiger partial charge in [0.1, 0.15) is 0 Å². The molecule has 0 aliphatic rings. The Morgan fingerprint density at radius 3 is 2.57 bits per heavy atom. The Morgan fingerprint density at radius 2 is 1.86 bits per heavy atom. The number of hydrogen-bond acceptors (Lipinski definition) is 3. The standard InChI is InChI=1S/C11H18N2O/c1-14-10-9-12-7-8-13-11-5-3-2-4-6-11/h2-6,12-13H,7-10H2,1H3. The molecule has 3 nitrogen and oxygen atoms in total. The van der Waals surface area contributed by atoms with Crippen LogP contribution in [0.25, 0.3) is 0 Å². The molecule has 14 heavy (non-hydrogen) atoms. The van der Waals surface area contributed by atoms with Crippen LogP contribution < -0.4 is 10.6 Å². The molecule has 78 valence electrons. The Bertz CT molecular complexity index is 226. The van der Waals surface area contributed by atoms with Gasteiger partial charge in [0.05, 0.1) is 6.61 Å². The van der Waals surface area contributed by atoms with Gasteiger partial charge in [-0.15, -0.1) is 0 Å². The molecule has 0 saturated carbocycles. The first kappa shape index (κ1) is 11.0. The normalized spacial score (nSPS) is 10.1. The summed E-state index contributed by atoms with van der Waals surface area (Å²) >= 11 is 0. The summed E-state index contributed by atoms with van der Waals surface area (Å²) in [6.45, 7) is 3.57. The van der Waals surface area contributed by atoms with E-state index in [1.54, 1.807) is 7.11 Å². The molecule has 0 aromatic heterocycles. The molecule has 0 amide bonds. The predicted molar refractivity (Wildman–Crippen MR) is 59.7 cm³/mol. The quantitative estimate of drug-likeness (QED) is 0.643. The van der Waals surface area contributed by atoms with Crippen LogP contribution >= 0.6 is 0 Å². The number of anilines is 1. The van der Waals surface area contributed by atoms with E-state index in [0.717, 1.165) is 26.2 Å². The minimum Gasteiger partial charge on any atom is -0.384 e. The second-order valence-electron chi connectivity index (χ2n) is 3.04. The third-order valence-electron chi connectivity index (χ3n) is 1.89. The Kier molecular flexibility index (Phi) is 5.79. The Labute approximate surface area is 85.5 Å². The summed E-state index contributed by atoms with van der Waals surface area (Å²) in [6, 6.07) is 10.2. The van der Waals surface area contributed by atoms with E-state index in [-0.39, 0.29) is 0 Å². The van der Waals surface area contributed by atoms with Gasteiger partial charge in [-0.25, -0.2) is 0 Å². The van der Waals surface area contributed by atoms with Gasteiger partial charge in [0.15, 0.2) is 0 Å². The highest BCUT2D eigenvalue weighted by Crippen LogP contribution is 2.03. The lowest BCUT2D eigenvalue weighted by Gasteiger charge is -2.06. The van der Waals surface area contributed by atoms with Gasteiger partial charge < -0.3 is 15.4 Å². The molecule has 0 spiro atoms. The highest BCUT2D eigenvalue weighted by atomic mass is 16.5. The molecule has 0 heterocycles. The number of ether oxygens (including phenoxy) is 1. The first-order chi connectivity index (χ1) is 6.93. The molecule has 2 N–H and O–H groups in total. The minimum atomic E-state index is 0.769. The maximum atomic E-state index is 4.92. The van der Waals surface area contributed by atoms with Crippen LogP contribution in [0.2, 0.25) is 0 Å². The summed E-state index contributed by atoms with van der Waals surface area (Å²) in [5.41, 5.74) is 1.17. The first-order valence-electron chi connectivity index (χ1n) is 4.92. The van der Waals surface area contributed by atoms with Crippen LogP contribution in [-0.4, -0.2) is 33.4 Å². The third-order valence-corrected chi connectivity index (χ3v) is 1.89. The van der Waals surface area contributed by atoms with Crippen LogP contribution in [0.5, 0.6) is 0 Å². The second kappa shape index (κ2) is 7.35. The zero-order valence-electron chi connectivity index (χ0n) is 8.62. The molecule has 1 aromatic rings. The zero-order valence-corrected chi connectivity index (χ0v) is 8.62. The van der Waals surface area contributed by atoms with Crippen molar-refractivity contribution < 1.29 is 4.74 Å². The molecule has 0 radical (unpaired) electrons. The van der Waals surface area contributed by atoms with Crippen molar-refractivity contribution in [3.05, 3.63) is 30.3 Å². The number of nitrogens with one attached hydrogen (secondary N) is 2. The van der Waals surface area contributed by atoms with Gasteiger partial charge in [0.25, 0.3) is 0 Å². The summed E-state index contributed by atoms with van der Waals surface area (Å²) in [5, 5.41) is 6.59. The van der Waals surface area contributed by atoms with E-state index in [0.29, 0.717) is 0 Å². The lowest BCUT2D eigenvalue weighted by molar-refractivity contribution is 0.200. The topological polar surface area (TPSA) is 33.3 Å². The molecule has 3 heteroatoms. The molecule has 0 aliphatic carbocycles. The molecule has 1 aromatic carbocycles. The van der Waals surface area contributed by atoms with E-state index in [1.807, 2.05) is 18.2 Å². The van der Waals surface area contributed by atoms with Crippen molar-refractivity contribution in [3.8, 4) is 0 Å². The molecule has 0 bridgehead atoms. The van der Waals surface area contributed by atoms with E-state index in [1.165, 1.54) is 5.69 Å². The number of benzene rings is 1. The molecule has 0 fully saturated rings. The summed E-state index contributed by atoms with van der Waals surface area (Å²) < 4.78 is 4.92. The summed E-state index contributed by atoms with van der Waals surface area (Å²) in [5.74, 6) is 0. The first-order valence-corrected chi connectivity index (χ1v) is 4.92. The Hall–Kier alpha value is -1.06. The van der Waals surface area contributed by atoms with Crippen LogP contribution in [0, 0.1) is 0 Å². The summed E-state index contributed by atoms with van der Waals surface area (Å²) in [7, 11) is 1.71. The molecule has 0 saturated heterocycles. The lowest BCUT2D eigenvalue weighted by atomic mass is 10.3. The van der Waals surface area contributed by atoms with Crippen molar-refractivity contribution in [2.24, 2.45) is 0 Å².